The van der Waals surface area contributed by atoms with Gasteiger partial charge in [-0.05, 0) is 65.8 Å². The lowest BCUT2D eigenvalue weighted by Gasteiger charge is -2.33. The average molecular weight is 350 g/mol. The van der Waals surface area contributed by atoms with E-state index in [9.17, 15) is 4.79 Å². The van der Waals surface area contributed by atoms with Crippen molar-refractivity contribution in [2.75, 3.05) is 26.2 Å². The first-order valence-electron chi connectivity index (χ1n) is 6.44. The number of amides is 1. The molecule has 2 aliphatic heterocycles. The van der Waals surface area contributed by atoms with Gasteiger partial charge in [0.1, 0.15) is 0 Å². The molecule has 0 atom stereocenters. The zero-order valence-electron chi connectivity index (χ0n) is 10.7. The van der Waals surface area contributed by atoms with Gasteiger partial charge in [-0.2, -0.15) is 0 Å². The summed E-state index contributed by atoms with van der Waals surface area (Å²) in [5.74, 6) is 0.462. The van der Waals surface area contributed by atoms with Gasteiger partial charge in [0.15, 0.2) is 10.4 Å². The van der Waals surface area contributed by atoms with E-state index in [0.29, 0.717) is 15.8 Å². The highest BCUT2D eigenvalue weighted by Crippen LogP contribution is 2.39. The molecule has 106 valence electrons. The van der Waals surface area contributed by atoms with E-state index in [1.54, 1.807) is 12.1 Å². The van der Waals surface area contributed by atoms with E-state index in [1.165, 1.54) is 12.8 Å². The fourth-order valence-electron chi connectivity index (χ4n) is 3.06. The van der Waals surface area contributed by atoms with Crippen LogP contribution in [0.2, 0.25) is 0 Å². The smallest absolute Gasteiger partial charge is 0.289 e. The normalized spacial score (nSPS) is 21.4. The van der Waals surface area contributed by atoms with Crippen LogP contribution in [-0.2, 0) is 0 Å². The molecule has 2 aliphatic rings. The second kappa shape index (κ2) is 5.85. The van der Waals surface area contributed by atoms with Crippen molar-refractivity contribution in [3.8, 4) is 0 Å². The summed E-state index contributed by atoms with van der Waals surface area (Å²) in [6.07, 6.45) is 3.49. The highest BCUT2D eigenvalue weighted by atomic mass is 79.9. The van der Waals surface area contributed by atoms with Gasteiger partial charge in [0.25, 0.3) is 5.91 Å². The van der Waals surface area contributed by atoms with Crippen LogP contribution in [0.4, 0.5) is 0 Å². The number of likely N-dealkylation sites (tertiary alicyclic amines) is 1. The molecular formula is C13H18BrClN2O2. The molecular weight excluding hydrogens is 332 g/mol. The van der Waals surface area contributed by atoms with E-state index in [0.717, 1.165) is 32.6 Å². The number of carbonyl (C=O) groups is 1. The minimum absolute atomic E-state index is 0. The van der Waals surface area contributed by atoms with E-state index in [-0.39, 0.29) is 18.3 Å². The van der Waals surface area contributed by atoms with Gasteiger partial charge in [0, 0.05) is 13.1 Å². The van der Waals surface area contributed by atoms with Gasteiger partial charge >= 0.3 is 0 Å². The molecule has 0 radical (unpaired) electrons. The third kappa shape index (κ3) is 2.98. The molecule has 1 amide bonds. The Hall–Kier alpha value is -0.520. The summed E-state index contributed by atoms with van der Waals surface area (Å²) < 4.78 is 5.96. The molecule has 19 heavy (non-hydrogen) atoms. The van der Waals surface area contributed by atoms with Crippen molar-refractivity contribution in [3.63, 3.8) is 0 Å². The van der Waals surface area contributed by atoms with Crippen LogP contribution in [0.3, 0.4) is 0 Å². The third-order valence-electron chi connectivity index (χ3n) is 4.17. The first kappa shape index (κ1) is 14.9. The summed E-state index contributed by atoms with van der Waals surface area (Å²) in [7, 11) is 0. The van der Waals surface area contributed by atoms with Gasteiger partial charge in [-0.3, -0.25) is 4.79 Å². The highest BCUT2D eigenvalue weighted by molar-refractivity contribution is 9.10. The van der Waals surface area contributed by atoms with Gasteiger partial charge in [-0.1, -0.05) is 0 Å². The molecule has 2 fully saturated rings. The Bertz CT molecular complexity index is 457. The number of halogens is 2. The molecule has 3 heterocycles. The zero-order valence-corrected chi connectivity index (χ0v) is 13.1. The topological polar surface area (TPSA) is 45.5 Å². The molecule has 1 spiro atoms. The lowest BCUT2D eigenvalue weighted by atomic mass is 9.78. The Labute approximate surface area is 127 Å². The molecule has 2 saturated heterocycles. The van der Waals surface area contributed by atoms with Crippen LogP contribution in [0.1, 0.15) is 29.8 Å². The number of rotatable bonds is 1. The van der Waals surface area contributed by atoms with Gasteiger partial charge in [-0.25, -0.2) is 0 Å². The molecule has 0 unspecified atom stereocenters. The van der Waals surface area contributed by atoms with E-state index < -0.39 is 0 Å². The number of carbonyl (C=O) groups excluding carboxylic acids is 1. The number of furan rings is 1. The molecule has 6 heteroatoms. The zero-order chi connectivity index (χ0) is 12.6. The Balaban J connectivity index is 0.00000133. The van der Waals surface area contributed by atoms with E-state index in [2.05, 4.69) is 21.2 Å². The number of nitrogens with one attached hydrogen (secondary N) is 1. The van der Waals surface area contributed by atoms with E-state index in [4.69, 9.17) is 4.42 Å². The van der Waals surface area contributed by atoms with Crippen molar-refractivity contribution >= 4 is 34.2 Å². The van der Waals surface area contributed by atoms with Gasteiger partial charge in [0.05, 0.1) is 0 Å². The van der Waals surface area contributed by atoms with Crippen molar-refractivity contribution in [2.24, 2.45) is 5.41 Å². The van der Waals surface area contributed by atoms with Crippen molar-refractivity contribution in [2.45, 2.75) is 19.3 Å². The Morgan fingerprint density at radius 3 is 2.68 bits per heavy atom. The highest BCUT2D eigenvalue weighted by Gasteiger charge is 2.41. The Morgan fingerprint density at radius 2 is 2.05 bits per heavy atom. The quantitative estimate of drug-likeness (QED) is 0.848. The molecule has 1 aromatic heterocycles. The van der Waals surface area contributed by atoms with Crippen LogP contribution in [0.5, 0.6) is 0 Å². The Morgan fingerprint density at radius 1 is 1.32 bits per heavy atom. The number of nitrogens with zero attached hydrogens (tertiary/aromatic N) is 1. The van der Waals surface area contributed by atoms with Crippen LogP contribution in [0.15, 0.2) is 21.2 Å². The average Bonchev–Trinajstić information content (AvgIpc) is 2.97. The summed E-state index contributed by atoms with van der Waals surface area (Å²) in [6.45, 7) is 3.89. The molecule has 0 saturated carbocycles. The molecule has 0 aliphatic carbocycles. The second-order valence-electron chi connectivity index (χ2n) is 5.33. The Kier molecular flexibility index (Phi) is 4.58. The number of hydrogen-bond donors (Lipinski definition) is 1. The first-order valence-corrected chi connectivity index (χ1v) is 7.23. The lowest BCUT2D eigenvalue weighted by molar-refractivity contribution is 0.0729. The summed E-state index contributed by atoms with van der Waals surface area (Å²) >= 11 is 3.23. The number of piperidine rings is 1. The van der Waals surface area contributed by atoms with Gasteiger partial charge in [-0.15, -0.1) is 12.4 Å². The van der Waals surface area contributed by atoms with Crippen molar-refractivity contribution in [1.29, 1.82) is 0 Å². The molecule has 4 nitrogen and oxygen atoms in total. The molecule has 0 aromatic carbocycles. The van der Waals surface area contributed by atoms with Crippen LogP contribution < -0.4 is 5.32 Å². The minimum atomic E-state index is 0. The lowest BCUT2D eigenvalue weighted by Crippen LogP contribution is -2.39. The summed E-state index contributed by atoms with van der Waals surface area (Å²) in [6, 6.07) is 3.50. The monoisotopic (exact) mass is 348 g/mol. The summed E-state index contributed by atoms with van der Waals surface area (Å²) in [5.41, 5.74) is 0.352. The van der Waals surface area contributed by atoms with E-state index in [1.807, 2.05) is 4.90 Å². The van der Waals surface area contributed by atoms with Crippen LogP contribution >= 0.6 is 28.3 Å². The van der Waals surface area contributed by atoms with Crippen molar-refractivity contribution < 1.29 is 9.21 Å². The predicted molar refractivity (Wildman–Crippen MR) is 78.7 cm³/mol. The first-order chi connectivity index (χ1) is 8.69. The molecule has 0 bridgehead atoms. The largest absolute Gasteiger partial charge is 0.444 e. The maximum absolute atomic E-state index is 12.3. The van der Waals surface area contributed by atoms with Crippen molar-refractivity contribution in [1.82, 2.24) is 10.2 Å². The predicted octanol–water partition coefficient (Wildman–Crippen LogP) is 2.68. The van der Waals surface area contributed by atoms with E-state index >= 15 is 0 Å². The fraction of sp³-hybridized carbons (Fsp3) is 0.615. The molecule has 1 N–H and O–H groups in total. The van der Waals surface area contributed by atoms with Gasteiger partial charge < -0.3 is 14.6 Å². The minimum Gasteiger partial charge on any atom is -0.444 e. The van der Waals surface area contributed by atoms with Crippen molar-refractivity contribution in [3.05, 3.63) is 22.6 Å². The van der Waals surface area contributed by atoms with Crippen LogP contribution in [-0.4, -0.2) is 37.0 Å². The SMILES string of the molecule is Cl.O=C(c1ccc(Br)o1)N1CCC2(CCNCC2)C1. The standard InChI is InChI=1S/C13H17BrN2O2.ClH/c14-11-2-1-10(18-11)12(17)16-8-5-13(9-16)3-6-15-7-4-13;/h1-2,15H,3-9H2;1H. The third-order valence-corrected chi connectivity index (χ3v) is 4.60. The maximum Gasteiger partial charge on any atom is 0.289 e. The fourth-order valence-corrected chi connectivity index (χ4v) is 3.37. The number of hydrogen-bond acceptors (Lipinski definition) is 3. The van der Waals surface area contributed by atoms with Crippen LogP contribution in [0.25, 0.3) is 0 Å². The summed E-state index contributed by atoms with van der Waals surface area (Å²) in [4.78, 5) is 14.2. The van der Waals surface area contributed by atoms with Crippen LogP contribution in [0, 0.1) is 5.41 Å². The molecule has 1 aromatic rings. The van der Waals surface area contributed by atoms with Gasteiger partial charge in [0.2, 0.25) is 0 Å². The summed E-state index contributed by atoms with van der Waals surface area (Å²) in [5, 5.41) is 3.39. The second-order valence-corrected chi connectivity index (χ2v) is 6.11. The molecule has 3 rings (SSSR count). The maximum atomic E-state index is 12.3.